The van der Waals surface area contributed by atoms with Crippen molar-refractivity contribution in [3.8, 4) is 0 Å². The fourth-order valence-electron chi connectivity index (χ4n) is 4.98. The number of fused-ring (bicyclic) bond motifs is 1. The molecule has 5 heteroatoms. The fraction of sp³-hybridized carbons (Fsp3) is 0.600. The summed E-state index contributed by atoms with van der Waals surface area (Å²) in [5.41, 5.74) is 1.65. The molecule has 0 aliphatic carbocycles. The Hall–Kier alpha value is -2.14. The van der Waals surface area contributed by atoms with Crippen LogP contribution in [-0.4, -0.2) is 54.6 Å². The van der Waals surface area contributed by atoms with Gasteiger partial charge in [-0.05, 0) is 63.6 Å². The van der Waals surface area contributed by atoms with E-state index in [0.29, 0.717) is 12.0 Å². The lowest BCUT2D eigenvalue weighted by atomic mass is 10.00. The first kappa shape index (κ1) is 21.1. The number of amides is 1. The molecule has 2 saturated heterocycles. The van der Waals surface area contributed by atoms with E-state index in [1.807, 2.05) is 30.3 Å². The molecule has 1 aromatic carbocycles. The van der Waals surface area contributed by atoms with E-state index in [1.54, 1.807) is 0 Å². The molecule has 1 aromatic heterocycles. The van der Waals surface area contributed by atoms with E-state index < -0.39 is 0 Å². The molecule has 3 heterocycles. The van der Waals surface area contributed by atoms with Crippen LogP contribution in [0.2, 0.25) is 0 Å². The van der Waals surface area contributed by atoms with Gasteiger partial charge < -0.3 is 15.1 Å². The topological polar surface area (TPSA) is 48.5 Å². The molecule has 5 nitrogen and oxygen atoms in total. The van der Waals surface area contributed by atoms with Crippen LogP contribution >= 0.6 is 0 Å². The summed E-state index contributed by atoms with van der Waals surface area (Å²) in [5, 5.41) is 4.11. The molecule has 0 unspecified atom stereocenters. The summed E-state index contributed by atoms with van der Waals surface area (Å²) in [7, 11) is 0. The maximum absolute atomic E-state index is 13.1. The number of hydrogen-bond acceptors (Lipinski definition) is 4. The van der Waals surface area contributed by atoms with Gasteiger partial charge in [0.05, 0.1) is 11.1 Å². The molecule has 0 bridgehead atoms. The Balaban J connectivity index is 1.44. The lowest BCUT2D eigenvalue weighted by molar-refractivity contribution is 0.0950. The van der Waals surface area contributed by atoms with Crippen LogP contribution in [0.25, 0.3) is 10.9 Å². The number of benzene rings is 1. The molecule has 2 fully saturated rings. The maximum atomic E-state index is 13.1. The normalized spacial score (nSPS) is 22.9. The van der Waals surface area contributed by atoms with E-state index in [-0.39, 0.29) is 5.91 Å². The third-order valence-electron chi connectivity index (χ3n) is 6.78. The minimum absolute atomic E-state index is 0.0200. The number of aromatic nitrogens is 1. The number of nitrogens with one attached hydrogen (secondary N) is 1. The Morgan fingerprint density at radius 1 is 1.13 bits per heavy atom. The zero-order valence-corrected chi connectivity index (χ0v) is 18.6. The number of carbonyl (C=O) groups excluding carboxylic acids is 1. The zero-order valence-electron chi connectivity index (χ0n) is 18.6. The minimum atomic E-state index is 0.0200. The number of pyridine rings is 1. The lowest BCUT2D eigenvalue weighted by Gasteiger charge is -2.33. The molecular formula is C25H36N4O. The second-order valence-electron chi connectivity index (χ2n) is 9.23. The first-order valence-electron chi connectivity index (χ1n) is 11.8. The van der Waals surface area contributed by atoms with Crippen molar-refractivity contribution in [2.24, 2.45) is 5.92 Å². The van der Waals surface area contributed by atoms with Gasteiger partial charge >= 0.3 is 0 Å². The Bertz CT molecular complexity index is 867. The maximum Gasteiger partial charge on any atom is 0.252 e. The molecule has 4 rings (SSSR count). The number of nitrogens with zero attached hydrogens (tertiary/aromatic N) is 3. The summed E-state index contributed by atoms with van der Waals surface area (Å²) in [4.78, 5) is 22.9. The van der Waals surface area contributed by atoms with Crippen molar-refractivity contribution in [3.05, 3.63) is 35.9 Å². The van der Waals surface area contributed by atoms with Crippen LogP contribution in [-0.2, 0) is 0 Å². The van der Waals surface area contributed by atoms with Crippen molar-refractivity contribution < 1.29 is 4.79 Å². The highest BCUT2D eigenvalue weighted by Gasteiger charge is 2.21. The van der Waals surface area contributed by atoms with E-state index in [4.69, 9.17) is 4.98 Å². The van der Waals surface area contributed by atoms with E-state index in [9.17, 15) is 4.79 Å². The van der Waals surface area contributed by atoms with E-state index in [2.05, 4.69) is 29.0 Å². The predicted molar refractivity (Wildman–Crippen MR) is 124 cm³/mol. The van der Waals surface area contributed by atoms with Gasteiger partial charge in [-0.25, -0.2) is 4.98 Å². The number of likely N-dealkylation sites (tertiary alicyclic amines) is 1. The molecule has 2 aromatic rings. The van der Waals surface area contributed by atoms with Gasteiger partial charge in [0.1, 0.15) is 5.82 Å². The number of piperidine rings is 2. The Morgan fingerprint density at radius 3 is 2.83 bits per heavy atom. The van der Waals surface area contributed by atoms with E-state index in [1.165, 1.54) is 38.6 Å². The van der Waals surface area contributed by atoms with Crippen molar-refractivity contribution in [1.82, 2.24) is 15.2 Å². The van der Waals surface area contributed by atoms with Gasteiger partial charge in [-0.3, -0.25) is 4.79 Å². The molecule has 0 saturated carbocycles. The molecule has 162 valence electrons. The third-order valence-corrected chi connectivity index (χ3v) is 6.78. The van der Waals surface area contributed by atoms with Crippen LogP contribution < -0.4 is 10.2 Å². The number of rotatable bonds is 6. The van der Waals surface area contributed by atoms with Gasteiger partial charge in [-0.1, -0.05) is 31.5 Å². The van der Waals surface area contributed by atoms with Crippen LogP contribution in [0.4, 0.5) is 5.82 Å². The van der Waals surface area contributed by atoms with E-state index in [0.717, 1.165) is 54.9 Å². The predicted octanol–water partition coefficient (Wildman–Crippen LogP) is 4.47. The SMILES string of the molecule is C[C@H]1CCCN(c2cc(C(=O)NCCCN3CCCC[C@H]3C)c3ccccc3n2)C1. The summed E-state index contributed by atoms with van der Waals surface area (Å²) in [6.45, 7) is 9.63. The third kappa shape index (κ3) is 4.94. The van der Waals surface area contributed by atoms with Gasteiger partial charge in [0.25, 0.3) is 5.91 Å². The van der Waals surface area contributed by atoms with Crippen LogP contribution in [0, 0.1) is 5.92 Å². The second kappa shape index (κ2) is 9.78. The van der Waals surface area contributed by atoms with Gasteiger partial charge in [-0.15, -0.1) is 0 Å². The quantitative estimate of drug-likeness (QED) is 0.717. The first-order chi connectivity index (χ1) is 14.6. The van der Waals surface area contributed by atoms with Crippen molar-refractivity contribution in [3.63, 3.8) is 0 Å². The van der Waals surface area contributed by atoms with E-state index >= 15 is 0 Å². The Kier molecular flexibility index (Phi) is 6.88. The summed E-state index contributed by atoms with van der Waals surface area (Å²) in [6, 6.07) is 10.7. The molecule has 2 atom stereocenters. The van der Waals surface area contributed by atoms with Gasteiger partial charge in [0.15, 0.2) is 0 Å². The molecule has 1 N–H and O–H groups in total. The number of anilines is 1. The summed E-state index contributed by atoms with van der Waals surface area (Å²) < 4.78 is 0. The summed E-state index contributed by atoms with van der Waals surface area (Å²) >= 11 is 0. The highest BCUT2D eigenvalue weighted by molar-refractivity contribution is 6.07. The van der Waals surface area contributed by atoms with Crippen LogP contribution in [0.1, 0.15) is 62.7 Å². The van der Waals surface area contributed by atoms with Gasteiger partial charge in [0, 0.05) is 37.6 Å². The average Bonchev–Trinajstić information content (AvgIpc) is 2.77. The standard InChI is InChI=1S/C25H36N4O/c1-19-9-7-15-29(18-19)24-17-22(21-11-3-4-12-23(21)27-24)25(30)26-13-8-16-28-14-6-5-10-20(28)2/h3-4,11-12,17,19-20H,5-10,13-16,18H2,1-2H3,(H,26,30)/t19-,20+/m0/s1. The van der Waals surface area contributed by atoms with Gasteiger partial charge in [-0.2, -0.15) is 0 Å². The molecule has 2 aliphatic heterocycles. The van der Waals surface area contributed by atoms with Gasteiger partial charge in [0.2, 0.25) is 0 Å². The molecular weight excluding hydrogens is 372 g/mol. The van der Waals surface area contributed by atoms with Crippen LogP contribution in [0.15, 0.2) is 30.3 Å². The Labute approximate surface area is 180 Å². The molecule has 2 aliphatic rings. The second-order valence-corrected chi connectivity index (χ2v) is 9.23. The smallest absolute Gasteiger partial charge is 0.252 e. The van der Waals surface area contributed by atoms with Crippen LogP contribution in [0.5, 0.6) is 0 Å². The average molecular weight is 409 g/mol. The number of para-hydroxylation sites is 1. The fourth-order valence-corrected chi connectivity index (χ4v) is 4.98. The summed E-state index contributed by atoms with van der Waals surface area (Å²) in [5.74, 6) is 1.63. The monoisotopic (exact) mass is 408 g/mol. The largest absolute Gasteiger partial charge is 0.356 e. The molecule has 0 radical (unpaired) electrons. The van der Waals surface area contributed by atoms with Crippen molar-refractivity contribution in [2.75, 3.05) is 37.6 Å². The van der Waals surface area contributed by atoms with Crippen molar-refractivity contribution >= 4 is 22.6 Å². The number of carbonyl (C=O) groups is 1. The highest BCUT2D eigenvalue weighted by Crippen LogP contribution is 2.26. The zero-order chi connectivity index (χ0) is 20.9. The first-order valence-corrected chi connectivity index (χ1v) is 11.8. The molecule has 0 spiro atoms. The lowest BCUT2D eigenvalue weighted by Crippen LogP contribution is -2.39. The summed E-state index contributed by atoms with van der Waals surface area (Å²) in [6.07, 6.45) is 7.40. The molecule has 1 amide bonds. The molecule has 30 heavy (non-hydrogen) atoms. The minimum Gasteiger partial charge on any atom is -0.356 e. The van der Waals surface area contributed by atoms with Crippen LogP contribution in [0.3, 0.4) is 0 Å². The Morgan fingerprint density at radius 2 is 2.00 bits per heavy atom. The van der Waals surface area contributed by atoms with Crippen molar-refractivity contribution in [1.29, 1.82) is 0 Å². The highest BCUT2D eigenvalue weighted by atomic mass is 16.1. The number of hydrogen-bond donors (Lipinski definition) is 1. The van der Waals surface area contributed by atoms with Crippen molar-refractivity contribution in [2.45, 2.75) is 58.4 Å².